The Bertz CT molecular complexity index is 427. The fourth-order valence-corrected chi connectivity index (χ4v) is 1.70. The molecule has 1 unspecified atom stereocenters. The number of rotatable bonds is 4. The van der Waals surface area contributed by atoms with Crippen molar-refractivity contribution in [3.05, 3.63) is 33.0 Å². The summed E-state index contributed by atoms with van der Waals surface area (Å²) in [7, 11) is 0. The summed E-state index contributed by atoms with van der Waals surface area (Å²) in [5.41, 5.74) is 5.54. The van der Waals surface area contributed by atoms with Crippen LogP contribution in [0, 0.1) is 5.82 Å². The Morgan fingerprint density at radius 2 is 2.00 bits per heavy atom. The molecular weight excluding hydrogens is 341 g/mol. The van der Waals surface area contributed by atoms with E-state index in [9.17, 15) is 17.6 Å². The summed E-state index contributed by atoms with van der Waals surface area (Å²) in [5, 5.41) is 0.220. The Kier molecular flexibility index (Phi) is 5.39. The number of benzene rings is 1. The van der Waals surface area contributed by atoms with Gasteiger partial charge in [-0.05, 0) is 28.1 Å². The van der Waals surface area contributed by atoms with Crippen LogP contribution in [-0.2, 0) is 4.74 Å². The maximum Gasteiger partial charge on any atom is 0.411 e. The Morgan fingerprint density at radius 3 is 2.56 bits per heavy atom. The van der Waals surface area contributed by atoms with Crippen molar-refractivity contribution in [1.82, 2.24) is 0 Å². The molecule has 18 heavy (non-hydrogen) atoms. The molecule has 1 rings (SSSR count). The van der Waals surface area contributed by atoms with E-state index in [1.54, 1.807) is 0 Å². The first kappa shape index (κ1) is 15.7. The standard InChI is InChI=1S/C10H9BrClF4NO/c11-6-2-8(13)5(1-7(6)12)9(17)3-18-4-10(14,15)16/h1-2,9H,3-4,17H2. The third kappa shape index (κ3) is 4.72. The third-order valence-corrected chi connectivity index (χ3v) is 3.20. The van der Waals surface area contributed by atoms with Gasteiger partial charge < -0.3 is 10.5 Å². The number of alkyl halides is 3. The zero-order valence-electron chi connectivity index (χ0n) is 8.90. The van der Waals surface area contributed by atoms with Crippen molar-refractivity contribution in [3.8, 4) is 0 Å². The number of hydrogen-bond acceptors (Lipinski definition) is 2. The van der Waals surface area contributed by atoms with E-state index in [4.69, 9.17) is 17.3 Å². The molecule has 0 fully saturated rings. The largest absolute Gasteiger partial charge is 0.411 e. The predicted octanol–water partition coefficient (Wildman–Crippen LogP) is 3.82. The molecule has 8 heteroatoms. The lowest BCUT2D eigenvalue weighted by Crippen LogP contribution is -2.23. The average molecular weight is 351 g/mol. The summed E-state index contributed by atoms with van der Waals surface area (Å²) in [6, 6.07) is 1.34. The van der Waals surface area contributed by atoms with E-state index in [0.717, 1.165) is 6.07 Å². The highest BCUT2D eigenvalue weighted by Gasteiger charge is 2.28. The summed E-state index contributed by atoms with van der Waals surface area (Å²) >= 11 is 8.76. The second-order valence-corrected chi connectivity index (χ2v) is 4.79. The third-order valence-electron chi connectivity index (χ3n) is 2.00. The molecule has 102 valence electrons. The minimum Gasteiger partial charge on any atom is -0.370 e. The maximum atomic E-state index is 13.5. The molecule has 1 aromatic carbocycles. The van der Waals surface area contributed by atoms with Gasteiger partial charge in [0.2, 0.25) is 0 Å². The summed E-state index contributed by atoms with van der Waals surface area (Å²) in [5.74, 6) is -0.658. The lowest BCUT2D eigenvalue weighted by molar-refractivity contribution is -0.174. The van der Waals surface area contributed by atoms with E-state index in [-0.39, 0.29) is 10.6 Å². The van der Waals surface area contributed by atoms with Gasteiger partial charge in [0.05, 0.1) is 17.7 Å². The maximum absolute atomic E-state index is 13.5. The zero-order valence-corrected chi connectivity index (χ0v) is 11.2. The average Bonchev–Trinajstić information content (AvgIpc) is 2.21. The summed E-state index contributed by atoms with van der Waals surface area (Å²) in [6.45, 7) is -1.87. The van der Waals surface area contributed by atoms with E-state index in [0.29, 0.717) is 4.47 Å². The molecule has 2 nitrogen and oxygen atoms in total. The Morgan fingerprint density at radius 1 is 1.39 bits per heavy atom. The van der Waals surface area contributed by atoms with E-state index in [1.807, 2.05) is 0 Å². The molecule has 0 heterocycles. The van der Waals surface area contributed by atoms with Crippen molar-refractivity contribution < 1.29 is 22.3 Å². The van der Waals surface area contributed by atoms with Crippen molar-refractivity contribution in [2.75, 3.05) is 13.2 Å². The van der Waals surface area contributed by atoms with Gasteiger partial charge in [0.25, 0.3) is 0 Å². The van der Waals surface area contributed by atoms with Crippen molar-refractivity contribution in [3.63, 3.8) is 0 Å². The Balaban J connectivity index is 2.67. The number of hydrogen-bond donors (Lipinski definition) is 1. The number of ether oxygens (including phenoxy) is 1. The fraction of sp³-hybridized carbons (Fsp3) is 0.400. The molecule has 0 aliphatic heterocycles. The lowest BCUT2D eigenvalue weighted by Gasteiger charge is -2.15. The molecule has 1 aromatic rings. The second-order valence-electron chi connectivity index (χ2n) is 3.52. The highest BCUT2D eigenvalue weighted by atomic mass is 79.9. The predicted molar refractivity (Wildman–Crippen MR) is 62.9 cm³/mol. The highest BCUT2D eigenvalue weighted by molar-refractivity contribution is 9.10. The van der Waals surface area contributed by atoms with Crippen LogP contribution in [0.3, 0.4) is 0 Å². The number of halogens is 6. The van der Waals surface area contributed by atoms with Crippen LogP contribution in [0.5, 0.6) is 0 Å². The molecule has 0 spiro atoms. The molecule has 2 N–H and O–H groups in total. The van der Waals surface area contributed by atoms with Crippen LogP contribution in [-0.4, -0.2) is 19.4 Å². The quantitative estimate of drug-likeness (QED) is 0.662. The van der Waals surface area contributed by atoms with Gasteiger partial charge in [0, 0.05) is 10.0 Å². The summed E-state index contributed by atoms with van der Waals surface area (Å²) < 4.78 is 53.7. The van der Waals surface area contributed by atoms with Gasteiger partial charge in [-0.25, -0.2) is 4.39 Å². The fourth-order valence-electron chi connectivity index (χ4n) is 1.21. The van der Waals surface area contributed by atoms with Crippen molar-refractivity contribution >= 4 is 27.5 Å². The van der Waals surface area contributed by atoms with E-state index in [2.05, 4.69) is 20.7 Å². The molecule has 1 atom stereocenters. The van der Waals surface area contributed by atoms with E-state index in [1.165, 1.54) is 6.07 Å². The Hall–Kier alpha value is -0.370. The topological polar surface area (TPSA) is 35.2 Å². The van der Waals surface area contributed by atoms with Gasteiger partial charge in [0.1, 0.15) is 12.4 Å². The van der Waals surface area contributed by atoms with Gasteiger partial charge in [-0.3, -0.25) is 0 Å². The van der Waals surface area contributed by atoms with Gasteiger partial charge >= 0.3 is 6.18 Å². The zero-order chi connectivity index (χ0) is 13.9. The normalized spacial score (nSPS) is 13.7. The second kappa shape index (κ2) is 6.18. The van der Waals surface area contributed by atoms with Gasteiger partial charge in [-0.1, -0.05) is 11.6 Å². The van der Waals surface area contributed by atoms with Crippen molar-refractivity contribution in [1.29, 1.82) is 0 Å². The van der Waals surface area contributed by atoms with Crippen LogP contribution in [0.15, 0.2) is 16.6 Å². The minimum absolute atomic E-state index is 0.00498. The first-order valence-electron chi connectivity index (χ1n) is 4.75. The lowest BCUT2D eigenvalue weighted by atomic mass is 10.1. The Labute approximate surface area is 114 Å². The van der Waals surface area contributed by atoms with E-state index >= 15 is 0 Å². The molecule has 0 saturated heterocycles. The SMILES string of the molecule is NC(COCC(F)(F)F)c1cc(Cl)c(Br)cc1F. The molecule has 0 radical (unpaired) electrons. The van der Waals surface area contributed by atoms with Crippen molar-refractivity contribution in [2.24, 2.45) is 5.73 Å². The summed E-state index contributed by atoms with van der Waals surface area (Å²) in [4.78, 5) is 0. The van der Waals surface area contributed by atoms with Crippen molar-refractivity contribution in [2.45, 2.75) is 12.2 Å². The molecule has 0 bridgehead atoms. The molecule has 0 aliphatic carbocycles. The van der Waals surface area contributed by atoms with E-state index < -0.39 is 31.2 Å². The monoisotopic (exact) mass is 349 g/mol. The van der Waals surface area contributed by atoms with Crippen LogP contribution in [0.1, 0.15) is 11.6 Å². The summed E-state index contributed by atoms with van der Waals surface area (Å²) in [6.07, 6.45) is -4.43. The first-order chi connectivity index (χ1) is 8.20. The van der Waals surface area contributed by atoms with Gasteiger partial charge in [-0.15, -0.1) is 0 Å². The first-order valence-corrected chi connectivity index (χ1v) is 5.92. The molecular formula is C10H9BrClF4NO. The highest BCUT2D eigenvalue weighted by Crippen LogP contribution is 2.28. The molecule has 0 aliphatic rings. The van der Waals surface area contributed by atoms with Gasteiger partial charge in [-0.2, -0.15) is 13.2 Å². The van der Waals surface area contributed by atoms with Crippen LogP contribution in [0.2, 0.25) is 5.02 Å². The van der Waals surface area contributed by atoms with Gasteiger partial charge in [0.15, 0.2) is 0 Å². The van der Waals surface area contributed by atoms with Crippen LogP contribution < -0.4 is 5.73 Å². The van der Waals surface area contributed by atoms with Crippen LogP contribution in [0.25, 0.3) is 0 Å². The smallest absolute Gasteiger partial charge is 0.370 e. The molecule has 0 saturated carbocycles. The van der Waals surface area contributed by atoms with Crippen LogP contribution in [0.4, 0.5) is 17.6 Å². The van der Waals surface area contributed by atoms with Crippen LogP contribution >= 0.6 is 27.5 Å². The minimum atomic E-state index is -4.43. The molecule has 0 aromatic heterocycles. The number of nitrogens with two attached hydrogens (primary N) is 1. The molecule has 0 amide bonds.